The number of hydrogen-bond acceptors (Lipinski definition) is 3. The van der Waals surface area contributed by atoms with E-state index in [4.69, 9.17) is 9.84 Å². The Morgan fingerprint density at radius 1 is 1.28 bits per heavy atom. The van der Waals surface area contributed by atoms with Gasteiger partial charge in [0.25, 0.3) is 0 Å². The second kappa shape index (κ2) is 10.3. The van der Waals surface area contributed by atoms with Crippen LogP contribution < -0.4 is 0 Å². The van der Waals surface area contributed by atoms with Gasteiger partial charge in [-0.2, -0.15) is 0 Å². The Morgan fingerprint density at radius 2 is 1.94 bits per heavy atom. The number of esters is 1. The molecule has 0 unspecified atom stereocenters. The molecule has 0 fully saturated rings. The Bertz CT molecular complexity index is 340. The predicted octanol–water partition coefficient (Wildman–Crippen LogP) is 2.86. The summed E-state index contributed by atoms with van der Waals surface area (Å²) < 4.78 is 4.81. The molecule has 100 valence electrons. The summed E-state index contributed by atoms with van der Waals surface area (Å²) in [7, 11) is 0. The molecule has 1 N–H and O–H groups in total. The van der Waals surface area contributed by atoms with Crippen LogP contribution in [0.5, 0.6) is 0 Å². The maximum absolute atomic E-state index is 11.2. The van der Waals surface area contributed by atoms with Crippen LogP contribution >= 0.6 is 0 Å². The topological polar surface area (TPSA) is 63.6 Å². The molecule has 0 aliphatic carbocycles. The summed E-state index contributed by atoms with van der Waals surface area (Å²) in [6.45, 7) is 5.60. The molecule has 0 spiro atoms. The van der Waals surface area contributed by atoms with Gasteiger partial charge < -0.3 is 9.84 Å². The van der Waals surface area contributed by atoms with Crippen molar-refractivity contribution < 1.29 is 19.4 Å². The van der Waals surface area contributed by atoms with Gasteiger partial charge in [0, 0.05) is 5.57 Å². The van der Waals surface area contributed by atoms with Crippen LogP contribution in [0.3, 0.4) is 0 Å². The lowest BCUT2D eigenvalue weighted by Crippen LogP contribution is -2.10. The zero-order valence-electron chi connectivity index (χ0n) is 10.7. The number of carboxylic acid groups (broad SMARTS) is 1. The lowest BCUT2D eigenvalue weighted by molar-refractivity contribution is -0.142. The smallest absolute Gasteiger partial charge is 0.334 e. The second-order valence-electron chi connectivity index (χ2n) is 3.77. The average molecular weight is 252 g/mol. The maximum Gasteiger partial charge on any atom is 0.334 e. The van der Waals surface area contributed by atoms with Crippen LogP contribution in [0, 0.1) is 0 Å². The van der Waals surface area contributed by atoms with Crippen LogP contribution in [0.25, 0.3) is 0 Å². The van der Waals surface area contributed by atoms with Gasteiger partial charge in [-0.3, -0.25) is 4.79 Å². The molecule has 0 heterocycles. The summed E-state index contributed by atoms with van der Waals surface area (Å²) in [6, 6.07) is 0. The molecule has 0 amide bonds. The lowest BCUT2D eigenvalue weighted by Gasteiger charge is -2.01. The number of rotatable bonds is 9. The minimum atomic E-state index is -1.09. The number of carboxylic acids is 1. The van der Waals surface area contributed by atoms with Crippen molar-refractivity contribution >= 4 is 11.9 Å². The van der Waals surface area contributed by atoms with E-state index in [1.165, 1.54) is 0 Å². The zero-order valence-corrected chi connectivity index (χ0v) is 10.7. The number of carbonyl (C=O) groups excluding carboxylic acids is 1. The van der Waals surface area contributed by atoms with Crippen molar-refractivity contribution in [3.63, 3.8) is 0 Å². The molecule has 0 saturated carbocycles. The number of aliphatic carboxylic acids is 1. The first-order valence-electron chi connectivity index (χ1n) is 5.96. The predicted molar refractivity (Wildman–Crippen MR) is 70.2 cm³/mol. The van der Waals surface area contributed by atoms with Crippen molar-refractivity contribution in [3.05, 3.63) is 36.5 Å². The fourth-order valence-electron chi connectivity index (χ4n) is 1.11. The minimum Gasteiger partial charge on any atom is -0.481 e. The van der Waals surface area contributed by atoms with E-state index < -0.39 is 11.9 Å². The molecular formula is C14H20O4. The summed E-state index contributed by atoms with van der Waals surface area (Å²) in [5.41, 5.74) is -0.0469. The third kappa shape index (κ3) is 9.39. The Kier molecular flexibility index (Phi) is 9.27. The number of ether oxygens (including phenoxy) is 1. The van der Waals surface area contributed by atoms with Crippen LogP contribution in [0.4, 0.5) is 0 Å². The van der Waals surface area contributed by atoms with Crippen molar-refractivity contribution in [2.45, 2.75) is 32.6 Å². The number of carbonyl (C=O) groups is 2. The van der Waals surface area contributed by atoms with E-state index in [2.05, 4.69) is 13.5 Å². The van der Waals surface area contributed by atoms with Crippen LogP contribution in [0.15, 0.2) is 36.5 Å². The standard InChI is InChI=1S/C14H20O4/c1-3-4-5-6-7-8-9-10-18-14(17)12(2)11-13(15)16/h6-9H,2-5,10-11H2,1H3,(H,15,16). The molecule has 0 aliphatic rings. The molecule has 0 aromatic heterocycles. The monoisotopic (exact) mass is 252 g/mol. The Labute approximate surface area is 108 Å². The first-order chi connectivity index (χ1) is 8.57. The first kappa shape index (κ1) is 16.2. The van der Waals surface area contributed by atoms with Crippen LogP contribution in [0.1, 0.15) is 32.6 Å². The first-order valence-corrected chi connectivity index (χ1v) is 5.96. The summed E-state index contributed by atoms with van der Waals surface area (Å²) in [4.78, 5) is 21.5. The Balaban J connectivity index is 3.73. The highest BCUT2D eigenvalue weighted by Crippen LogP contribution is 2.01. The van der Waals surface area contributed by atoms with Crippen molar-refractivity contribution in [3.8, 4) is 0 Å². The molecule has 0 aromatic carbocycles. The molecule has 0 atom stereocenters. The SMILES string of the molecule is C=C(CC(=O)O)C(=O)OCC=CC=CCCCC. The van der Waals surface area contributed by atoms with E-state index >= 15 is 0 Å². The normalized spacial score (nSPS) is 10.9. The highest BCUT2D eigenvalue weighted by Gasteiger charge is 2.11. The largest absolute Gasteiger partial charge is 0.481 e. The third-order valence-corrected chi connectivity index (χ3v) is 2.07. The summed E-state index contributed by atoms with van der Waals surface area (Å²) in [6.07, 6.45) is 10.4. The van der Waals surface area contributed by atoms with E-state index in [0.29, 0.717) is 0 Å². The van der Waals surface area contributed by atoms with Crippen LogP contribution in [-0.4, -0.2) is 23.7 Å². The van der Waals surface area contributed by atoms with Gasteiger partial charge in [-0.1, -0.05) is 44.6 Å². The van der Waals surface area contributed by atoms with Gasteiger partial charge in [-0.15, -0.1) is 0 Å². The van der Waals surface area contributed by atoms with Gasteiger partial charge in [0.05, 0.1) is 6.42 Å². The van der Waals surface area contributed by atoms with Gasteiger partial charge in [0.1, 0.15) is 6.61 Å². The third-order valence-electron chi connectivity index (χ3n) is 2.07. The highest BCUT2D eigenvalue weighted by atomic mass is 16.5. The molecule has 0 radical (unpaired) electrons. The number of hydrogen-bond donors (Lipinski definition) is 1. The van der Waals surface area contributed by atoms with E-state index in [1.54, 1.807) is 12.2 Å². The summed E-state index contributed by atoms with van der Waals surface area (Å²) in [5, 5.41) is 8.45. The molecule has 0 aromatic rings. The summed E-state index contributed by atoms with van der Waals surface area (Å²) in [5.74, 6) is -1.76. The van der Waals surface area contributed by atoms with Crippen molar-refractivity contribution in [1.29, 1.82) is 0 Å². The molecule has 18 heavy (non-hydrogen) atoms. The molecule has 4 nitrogen and oxygen atoms in total. The molecule has 0 saturated heterocycles. The van der Waals surface area contributed by atoms with E-state index in [0.717, 1.165) is 19.3 Å². The lowest BCUT2D eigenvalue weighted by atomic mass is 10.2. The van der Waals surface area contributed by atoms with Gasteiger partial charge in [-0.05, 0) is 12.5 Å². The van der Waals surface area contributed by atoms with E-state index in [9.17, 15) is 9.59 Å². The van der Waals surface area contributed by atoms with Crippen LogP contribution in [0.2, 0.25) is 0 Å². The quantitative estimate of drug-likeness (QED) is 0.296. The minimum absolute atomic E-state index is 0.0469. The second-order valence-corrected chi connectivity index (χ2v) is 3.77. The van der Waals surface area contributed by atoms with Crippen molar-refractivity contribution in [2.75, 3.05) is 6.61 Å². The Hall–Kier alpha value is -1.84. The van der Waals surface area contributed by atoms with Crippen LogP contribution in [-0.2, 0) is 14.3 Å². The fourth-order valence-corrected chi connectivity index (χ4v) is 1.11. The molecule has 0 rings (SSSR count). The highest BCUT2D eigenvalue weighted by molar-refractivity contribution is 5.92. The molecular weight excluding hydrogens is 232 g/mol. The molecule has 4 heteroatoms. The summed E-state index contributed by atoms with van der Waals surface area (Å²) >= 11 is 0. The van der Waals surface area contributed by atoms with Gasteiger partial charge in [0.15, 0.2) is 0 Å². The van der Waals surface area contributed by atoms with Crippen molar-refractivity contribution in [2.24, 2.45) is 0 Å². The van der Waals surface area contributed by atoms with E-state index in [-0.39, 0.29) is 18.6 Å². The van der Waals surface area contributed by atoms with Gasteiger partial charge in [0.2, 0.25) is 0 Å². The van der Waals surface area contributed by atoms with E-state index in [1.807, 2.05) is 12.2 Å². The number of unbranched alkanes of at least 4 members (excludes halogenated alkanes) is 2. The van der Waals surface area contributed by atoms with Gasteiger partial charge in [-0.25, -0.2) is 4.79 Å². The maximum atomic E-state index is 11.2. The average Bonchev–Trinajstić information content (AvgIpc) is 2.31. The molecule has 0 bridgehead atoms. The molecule has 0 aliphatic heterocycles. The Morgan fingerprint density at radius 3 is 2.56 bits per heavy atom. The van der Waals surface area contributed by atoms with Gasteiger partial charge >= 0.3 is 11.9 Å². The zero-order chi connectivity index (χ0) is 13.8. The number of allylic oxidation sites excluding steroid dienone is 3. The van der Waals surface area contributed by atoms with Crippen molar-refractivity contribution in [1.82, 2.24) is 0 Å². The fraction of sp³-hybridized carbons (Fsp3) is 0.429.